The molecule has 0 spiro atoms. The van der Waals surface area contributed by atoms with Crippen LogP contribution in [0.25, 0.3) is 0 Å². The Kier molecular flexibility index (Phi) is 8.78. The second kappa shape index (κ2) is 11.0. The number of fused-ring (bicyclic) bond motifs is 3. The molecule has 200 valence electrons. The molecule has 1 aromatic rings. The minimum absolute atomic E-state index is 0.00919. The van der Waals surface area contributed by atoms with Crippen molar-refractivity contribution in [2.75, 3.05) is 0 Å². The van der Waals surface area contributed by atoms with Gasteiger partial charge in [-0.15, -0.1) is 0 Å². The van der Waals surface area contributed by atoms with Crippen LogP contribution in [0.3, 0.4) is 0 Å². The predicted molar refractivity (Wildman–Crippen MR) is 150 cm³/mol. The van der Waals surface area contributed by atoms with Crippen molar-refractivity contribution in [3.8, 4) is 0 Å². The largest absolute Gasteiger partial charge is 0.393 e. The maximum atomic E-state index is 11.4. The van der Waals surface area contributed by atoms with Crippen molar-refractivity contribution in [3.05, 3.63) is 58.2 Å². The summed E-state index contributed by atoms with van der Waals surface area (Å²) in [6, 6.07) is 9.27. The molecular formula is C33H50O3. The molecule has 0 radical (unpaired) electrons. The lowest BCUT2D eigenvalue weighted by atomic mass is 9.53. The number of aliphatic hydroxyl groups excluding tert-OH is 1. The van der Waals surface area contributed by atoms with Crippen molar-refractivity contribution in [2.45, 2.75) is 123 Å². The smallest absolute Gasteiger partial charge is 0.143 e. The first-order valence-corrected chi connectivity index (χ1v) is 14.1. The summed E-state index contributed by atoms with van der Waals surface area (Å²) in [6.07, 6.45) is 9.95. The number of hydrogen-bond donors (Lipinski definition) is 2. The molecule has 0 amide bonds. The molecule has 0 aliphatic heterocycles. The molecule has 2 fully saturated rings. The Morgan fingerprint density at radius 1 is 1.03 bits per heavy atom. The van der Waals surface area contributed by atoms with Crippen LogP contribution in [0.15, 0.2) is 47.1 Å². The summed E-state index contributed by atoms with van der Waals surface area (Å²) in [7, 11) is 0. The average Bonchev–Trinajstić information content (AvgIpc) is 3.07. The Hall–Kier alpha value is -1.71. The molecule has 3 aliphatic rings. The number of aliphatic hydroxyl groups is 2. The van der Waals surface area contributed by atoms with Gasteiger partial charge in [0.25, 0.3) is 0 Å². The van der Waals surface area contributed by atoms with Crippen molar-refractivity contribution in [3.63, 3.8) is 0 Å². The zero-order valence-electron chi connectivity index (χ0n) is 24.0. The molecule has 36 heavy (non-hydrogen) atoms. The van der Waals surface area contributed by atoms with Crippen LogP contribution in [0, 0.1) is 17.3 Å². The van der Waals surface area contributed by atoms with Gasteiger partial charge in [-0.3, -0.25) is 4.79 Å². The Balaban J connectivity index is 0.000000658. The van der Waals surface area contributed by atoms with E-state index in [0.717, 1.165) is 51.2 Å². The molecule has 2 N–H and O–H groups in total. The van der Waals surface area contributed by atoms with Crippen LogP contribution in [-0.4, -0.2) is 28.2 Å². The van der Waals surface area contributed by atoms with Crippen LogP contribution in [-0.2, 0) is 10.2 Å². The maximum Gasteiger partial charge on any atom is 0.143 e. The summed E-state index contributed by atoms with van der Waals surface area (Å²) in [5, 5.41) is 19.5. The average molecular weight is 495 g/mol. The highest BCUT2D eigenvalue weighted by molar-refractivity contribution is 5.69. The van der Waals surface area contributed by atoms with Gasteiger partial charge in [0.15, 0.2) is 0 Å². The molecule has 5 atom stereocenters. The van der Waals surface area contributed by atoms with Crippen molar-refractivity contribution in [1.29, 1.82) is 0 Å². The Labute approximate surface area is 220 Å². The molecule has 3 aliphatic carbocycles. The molecule has 1 aromatic carbocycles. The summed E-state index contributed by atoms with van der Waals surface area (Å²) in [5.41, 5.74) is 6.70. The van der Waals surface area contributed by atoms with Crippen molar-refractivity contribution < 1.29 is 15.0 Å². The van der Waals surface area contributed by atoms with Gasteiger partial charge in [0.1, 0.15) is 6.29 Å². The molecular weight excluding hydrogens is 444 g/mol. The minimum Gasteiger partial charge on any atom is -0.393 e. The van der Waals surface area contributed by atoms with Gasteiger partial charge in [0.2, 0.25) is 0 Å². The second-order valence-electron chi connectivity index (χ2n) is 13.7. The molecule has 5 unspecified atom stereocenters. The van der Waals surface area contributed by atoms with E-state index in [2.05, 4.69) is 58.9 Å². The van der Waals surface area contributed by atoms with Crippen LogP contribution in [0.2, 0.25) is 0 Å². The third-order valence-corrected chi connectivity index (χ3v) is 8.67. The monoisotopic (exact) mass is 494 g/mol. The first-order chi connectivity index (χ1) is 16.7. The summed E-state index contributed by atoms with van der Waals surface area (Å²) in [5.74, 6) is 1.44. The van der Waals surface area contributed by atoms with Gasteiger partial charge in [-0.1, -0.05) is 70.9 Å². The lowest BCUT2D eigenvalue weighted by molar-refractivity contribution is -0.104. The lowest BCUT2D eigenvalue weighted by Gasteiger charge is -2.51. The quantitative estimate of drug-likeness (QED) is 0.334. The van der Waals surface area contributed by atoms with Gasteiger partial charge in [0, 0.05) is 5.92 Å². The molecule has 3 heteroatoms. The molecule has 0 bridgehead atoms. The van der Waals surface area contributed by atoms with Gasteiger partial charge < -0.3 is 10.2 Å². The number of rotatable bonds is 4. The molecule has 3 nitrogen and oxygen atoms in total. The van der Waals surface area contributed by atoms with E-state index in [1.54, 1.807) is 26.3 Å². The fraction of sp³-hybridized carbons (Fsp3) is 0.667. The topological polar surface area (TPSA) is 57.5 Å². The molecule has 4 rings (SSSR count). The normalized spacial score (nSPS) is 31.4. The van der Waals surface area contributed by atoms with E-state index in [4.69, 9.17) is 5.11 Å². The van der Waals surface area contributed by atoms with E-state index in [0.29, 0.717) is 17.8 Å². The van der Waals surface area contributed by atoms with Crippen molar-refractivity contribution >= 4 is 6.29 Å². The summed E-state index contributed by atoms with van der Waals surface area (Å²) < 4.78 is 0. The Morgan fingerprint density at radius 3 is 2.17 bits per heavy atom. The zero-order valence-corrected chi connectivity index (χ0v) is 24.0. The number of carbonyl (C=O) groups is 1. The van der Waals surface area contributed by atoms with E-state index in [1.165, 1.54) is 22.3 Å². The Bertz CT molecular complexity index is 964. The van der Waals surface area contributed by atoms with Crippen molar-refractivity contribution in [1.82, 2.24) is 0 Å². The summed E-state index contributed by atoms with van der Waals surface area (Å²) in [4.78, 5) is 11.4. The fourth-order valence-corrected chi connectivity index (χ4v) is 6.99. The predicted octanol–water partition coefficient (Wildman–Crippen LogP) is 7.66. The maximum absolute atomic E-state index is 11.4. The second-order valence-corrected chi connectivity index (χ2v) is 13.7. The third-order valence-electron chi connectivity index (χ3n) is 8.67. The van der Waals surface area contributed by atoms with Crippen molar-refractivity contribution in [2.24, 2.45) is 17.3 Å². The van der Waals surface area contributed by atoms with Crippen LogP contribution in [0.4, 0.5) is 0 Å². The van der Waals surface area contributed by atoms with Crippen LogP contribution in [0.5, 0.6) is 0 Å². The van der Waals surface area contributed by atoms with Gasteiger partial charge in [-0.2, -0.15) is 0 Å². The highest BCUT2D eigenvalue weighted by atomic mass is 16.3. The first kappa shape index (κ1) is 28.9. The summed E-state index contributed by atoms with van der Waals surface area (Å²) >= 11 is 0. The number of hydrogen-bond acceptors (Lipinski definition) is 3. The van der Waals surface area contributed by atoms with E-state index in [1.807, 2.05) is 6.08 Å². The van der Waals surface area contributed by atoms with Crippen LogP contribution in [0.1, 0.15) is 117 Å². The summed E-state index contributed by atoms with van der Waals surface area (Å²) in [6.45, 7) is 16.6. The minimum atomic E-state index is -0.500. The highest BCUT2D eigenvalue weighted by Gasteiger charge is 2.56. The van der Waals surface area contributed by atoms with E-state index < -0.39 is 5.60 Å². The fourth-order valence-electron chi connectivity index (χ4n) is 6.99. The number of aldehydes is 1. The molecule has 0 aromatic heterocycles. The van der Waals surface area contributed by atoms with E-state index >= 15 is 0 Å². The van der Waals surface area contributed by atoms with Gasteiger partial charge in [-0.05, 0) is 110 Å². The molecule has 0 saturated heterocycles. The van der Waals surface area contributed by atoms with Gasteiger partial charge in [0.05, 0.1) is 11.7 Å². The molecule has 0 heterocycles. The standard InChI is InChI=1S/C29H40O2.C4H10O/c1-6-7-22-20(16-17-30)10-13-23-25-14-15-26(31)29(25,5)18-24(27(22)23)19-8-11-21(12-9-19)28(2,3)4;1-4(2,3)5/h8-9,11-12,16-17,23-26,31H,6-7,10,13-15,18H2,1-5H3;5H,1-3H3/b20-16-;. The van der Waals surface area contributed by atoms with E-state index in [-0.39, 0.29) is 16.9 Å². The zero-order chi connectivity index (χ0) is 26.9. The Morgan fingerprint density at radius 2 is 1.64 bits per heavy atom. The molecule has 2 saturated carbocycles. The number of carbonyl (C=O) groups excluding carboxylic acids is 1. The van der Waals surface area contributed by atoms with Crippen LogP contribution < -0.4 is 0 Å². The highest BCUT2D eigenvalue weighted by Crippen LogP contribution is 2.63. The van der Waals surface area contributed by atoms with Gasteiger partial charge >= 0.3 is 0 Å². The van der Waals surface area contributed by atoms with Gasteiger partial charge in [-0.25, -0.2) is 0 Å². The number of allylic oxidation sites excluding steroid dienone is 4. The SMILES string of the molecule is CC(C)(C)O.CCCC1=C2C(c3ccc(C(C)(C)C)cc3)CC3(C)C(O)CCC3C2CC/C1=C/C=O. The lowest BCUT2D eigenvalue weighted by Crippen LogP contribution is -2.44. The number of benzene rings is 1. The van der Waals surface area contributed by atoms with Crippen LogP contribution >= 0.6 is 0 Å². The third kappa shape index (κ3) is 6.22. The first-order valence-electron chi connectivity index (χ1n) is 14.1. The van der Waals surface area contributed by atoms with E-state index in [9.17, 15) is 9.90 Å².